The Bertz CT molecular complexity index is 315. The van der Waals surface area contributed by atoms with E-state index in [1.165, 1.54) is 0 Å². The molecule has 1 saturated heterocycles. The van der Waals surface area contributed by atoms with Crippen molar-refractivity contribution in [3.63, 3.8) is 0 Å². The lowest BCUT2D eigenvalue weighted by atomic mass is 10.0. The zero-order valence-electron chi connectivity index (χ0n) is 11.2. The van der Waals surface area contributed by atoms with Gasteiger partial charge in [0, 0.05) is 32.7 Å². The van der Waals surface area contributed by atoms with Crippen molar-refractivity contribution in [1.82, 2.24) is 9.80 Å². The standard InChI is InChI=1S/C11H20F3N3OS/c1-10(2,9(15)19)17-5-3-16(4-6-17)7-8-18-11(12,13)14/h3-8H2,1-2H3,(H2,15,19). The van der Waals surface area contributed by atoms with Crippen LogP contribution in [0.25, 0.3) is 0 Å². The number of nitrogens with zero attached hydrogens (tertiary/aromatic N) is 2. The highest BCUT2D eigenvalue weighted by Crippen LogP contribution is 2.18. The summed E-state index contributed by atoms with van der Waals surface area (Å²) in [4.78, 5) is 4.52. The summed E-state index contributed by atoms with van der Waals surface area (Å²) in [6, 6.07) is 0. The molecule has 19 heavy (non-hydrogen) atoms. The number of alkyl halides is 3. The summed E-state index contributed by atoms with van der Waals surface area (Å²) in [7, 11) is 0. The molecular formula is C11H20F3N3OS. The number of piperazine rings is 1. The maximum Gasteiger partial charge on any atom is 0.522 e. The third kappa shape index (κ3) is 5.21. The van der Waals surface area contributed by atoms with Crippen LogP contribution in [-0.2, 0) is 4.74 Å². The molecule has 1 aliphatic rings. The lowest BCUT2D eigenvalue weighted by Crippen LogP contribution is -2.59. The van der Waals surface area contributed by atoms with E-state index in [4.69, 9.17) is 18.0 Å². The molecule has 0 saturated carbocycles. The van der Waals surface area contributed by atoms with Crippen LogP contribution in [0.5, 0.6) is 0 Å². The van der Waals surface area contributed by atoms with Gasteiger partial charge in [-0.1, -0.05) is 12.2 Å². The van der Waals surface area contributed by atoms with E-state index >= 15 is 0 Å². The molecular weight excluding hydrogens is 279 g/mol. The minimum absolute atomic E-state index is 0.279. The van der Waals surface area contributed by atoms with Crippen molar-refractivity contribution < 1.29 is 17.9 Å². The average Bonchev–Trinajstić information content (AvgIpc) is 2.27. The molecule has 2 N–H and O–H groups in total. The Morgan fingerprint density at radius 1 is 1.21 bits per heavy atom. The summed E-state index contributed by atoms with van der Waals surface area (Å²) in [6.45, 7) is 6.70. The first-order chi connectivity index (χ1) is 8.63. The highest BCUT2D eigenvalue weighted by atomic mass is 32.1. The van der Waals surface area contributed by atoms with Gasteiger partial charge in [0.15, 0.2) is 0 Å². The highest BCUT2D eigenvalue weighted by molar-refractivity contribution is 7.80. The second-order valence-electron chi connectivity index (χ2n) is 5.05. The number of rotatable bonds is 5. The third-order valence-electron chi connectivity index (χ3n) is 3.44. The van der Waals surface area contributed by atoms with Gasteiger partial charge in [-0.2, -0.15) is 0 Å². The lowest BCUT2D eigenvalue weighted by Gasteiger charge is -2.43. The molecule has 0 unspecified atom stereocenters. The van der Waals surface area contributed by atoms with Gasteiger partial charge in [0.2, 0.25) is 0 Å². The first-order valence-corrected chi connectivity index (χ1v) is 6.52. The van der Waals surface area contributed by atoms with Crippen molar-refractivity contribution in [2.24, 2.45) is 5.73 Å². The Kier molecular flexibility index (Phi) is 5.54. The van der Waals surface area contributed by atoms with Gasteiger partial charge >= 0.3 is 6.36 Å². The molecule has 0 atom stereocenters. The van der Waals surface area contributed by atoms with E-state index in [-0.39, 0.29) is 18.7 Å². The molecule has 1 aliphatic heterocycles. The summed E-state index contributed by atoms with van der Waals surface area (Å²) in [6.07, 6.45) is -4.55. The summed E-state index contributed by atoms with van der Waals surface area (Å²) >= 11 is 5.03. The SMILES string of the molecule is CC(C)(C(N)=S)N1CCN(CCOC(F)(F)F)CC1. The fraction of sp³-hybridized carbons (Fsp3) is 0.909. The van der Waals surface area contributed by atoms with Gasteiger partial charge in [-0.3, -0.25) is 14.5 Å². The van der Waals surface area contributed by atoms with Crippen LogP contribution in [-0.4, -0.2) is 66.0 Å². The van der Waals surface area contributed by atoms with E-state index in [0.29, 0.717) is 18.1 Å². The Balaban J connectivity index is 2.32. The molecule has 0 aromatic rings. The highest BCUT2D eigenvalue weighted by Gasteiger charge is 2.33. The van der Waals surface area contributed by atoms with Crippen LogP contribution in [0.4, 0.5) is 13.2 Å². The maximum atomic E-state index is 11.8. The van der Waals surface area contributed by atoms with Crippen LogP contribution in [0.15, 0.2) is 0 Å². The molecule has 1 fully saturated rings. The van der Waals surface area contributed by atoms with Gasteiger partial charge in [-0.05, 0) is 13.8 Å². The molecule has 4 nitrogen and oxygen atoms in total. The van der Waals surface area contributed by atoms with E-state index in [9.17, 15) is 13.2 Å². The molecule has 0 bridgehead atoms. The van der Waals surface area contributed by atoms with E-state index in [1.807, 2.05) is 18.7 Å². The number of hydrogen-bond donors (Lipinski definition) is 1. The largest absolute Gasteiger partial charge is 0.522 e. The monoisotopic (exact) mass is 299 g/mol. The number of nitrogens with two attached hydrogens (primary N) is 1. The van der Waals surface area contributed by atoms with Crippen molar-refractivity contribution in [3.8, 4) is 0 Å². The molecule has 1 heterocycles. The Labute approximate surface area is 116 Å². The van der Waals surface area contributed by atoms with Crippen LogP contribution >= 0.6 is 12.2 Å². The van der Waals surface area contributed by atoms with E-state index < -0.39 is 6.36 Å². The van der Waals surface area contributed by atoms with Crippen molar-refractivity contribution >= 4 is 17.2 Å². The molecule has 0 amide bonds. The van der Waals surface area contributed by atoms with Crippen LogP contribution in [0.1, 0.15) is 13.8 Å². The van der Waals surface area contributed by atoms with Crippen LogP contribution in [0, 0.1) is 0 Å². The lowest BCUT2D eigenvalue weighted by molar-refractivity contribution is -0.325. The van der Waals surface area contributed by atoms with Gasteiger partial charge in [0.25, 0.3) is 0 Å². The number of thiocarbonyl (C=S) groups is 1. The smallest absolute Gasteiger partial charge is 0.392 e. The maximum absolute atomic E-state index is 11.8. The van der Waals surface area contributed by atoms with Gasteiger partial charge in [-0.25, -0.2) is 0 Å². The Morgan fingerprint density at radius 2 is 1.74 bits per heavy atom. The predicted molar refractivity (Wildman–Crippen MR) is 70.9 cm³/mol. The molecule has 0 aromatic carbocycles. The second-order valence-corrected chi connectivity index (χ2v) is 5.49. The Hall–Kier alpha value is -0.440. The molecule has 0 aliphatic carbocycles. The number of halogens is 3. The molecule has 8 heteroatoms. The summed E-state index contributed by atoms with van der Waals surface area (Å²) in [5.74, 6) is 0. The normalized spacial score (nSPS) is 19.6. The van der Waals surface area contributed by atoms with Crippen LogP contribution in [0.2, 0.25) is 0 Å². The minimum atomic E-state index is -4.55. The fourth-order valence-electron chi connectivity index (χ4n) is 1.98. The van der Waals surface area contributed by atoms with Gasteiger partial charge in [-0.15, -0.1) is 13.2 Å². The van der Waals surface area contributed by atoms with Crippen molar-refractivity contribution in [3.05, 3.63) is 0 Å². The van der Waals surface area contributed by atoms with Gasteiger partial charge < -0.3 is 5.73 Å². The second kappa shape index (κ2) is 6.34. The van der Waals surface area contributed by atoms with E-state index in [0.717, 1.165) is 13.1 Å². The van der Waals surface area contributed by atoms with E-state index in [1.54, 1.807) is 0 Å². The van der Waals surface area contributed by atoms with Gasteiger partial charge in [0.1, 0.15) is 0 Å². The van der Waals surface area contributed by atoms with Crippen LogP contribution in [0.3, 0.4) is 0 Å². The van der Waals surface area contributed by atoms with E-state index in [2.05, 4.69) is 9.64 Å². The quantitative estimate of drug-likeness (QED) is 0.773. The average molecular weight is 299 g/mol. The summed E-state index contributed by atoms with van der Waals surface area (Å²) in [5, 5.41) is 0. The Morgan fingerprint density at radius 3 is 2.16 bits per heavy atom. The molecule has 0 aromatic heterocycles. The first kappa shape index (κ1) is 16.6. The van der Waals surface area contributed by atoms with Crippen molar-refractivity contribution in [1.29, 1.82) is 0 Å². The van der Waals surface area contributed by atoms with Crippen molar-refractivity contribution in [2.45, 2.75) is 25.7 Å². The zero-order chi connectivity index (χ0) is 14.7. The van der Waals surface area contributed by atoms with Crippen molar-refractivity contribution in [2.75, 3.05) is 39.3 Å². The molecule has 1 rings (SSSR count). The fourth-order valence-corrected chi connectivity index (χ4v) is 2.11. The summed E-state index contributed by atoms with van der Waals surface area (Å²) < 4.78 is 39.3. The first-order valence-electron chi connectivity index (χ1n) is 6.11. The number of hydrogen-bond acceptors (Lipinski definition) is 4. The zero-order valence-corrected chi connectivity index (χ0v) is 12.0. The molecule has 0 radical (unpaired) electrons. The van der Waals surface area contributed by atoms with Gasteiger partial charge in [0.05, 0.1) is 17.1 Å². The van der Waals surface area contributed by atoms with Crippen LogP contribution < -0.4 is 5.73 Å². The molecule has 0 spiro atoms. The molecule has 112 valence electrons. The third-order valence-corrected chi connectivity index (χ3v) is 3.94. The summed E-state index contributed by atoms with van der Waals surface area (Å²) in [5.41, 5.74) is 5.34. The number of ether oxygens (including phenoxy) is 1. The predicted octanol–water partition coefficient (Wildman–Crippen LogP) is 1.21. The minimum Gasteiger partial charge on any atom is -0.392 e. The topological polar surface area (TPSA) is 41.7 Å².